The predicted molar refractivity (Wildman–Crippen MR) is 96.4 cm³/mol. The second-order valence-electron chi connectivity index (χ2n) is 5.64. The van der Waals surface area contributed by atoms with E-state index in [1.165, 1.54) is 12.1 Å². The number of carbonyl (C=O) groups is 1. The molecule has 0 bridgehead atoms. The van der Waals surface area contributed by atoms with E-state index in [-0.39, 0.29) is 18.1 Å². The van der Waals surface area contributed by atoms with Gasteiger partial charge in [-0.2, -0.15) is 0 Å². The number of aromatic nitrogens is 3. The number of hydrogen-bond acceptors (Lipinski definition) is 6. The van der Waals surface area contributed by atoms with E-state index < -0.39 is 18.4 Å². The van der Waals surface area contributed by atoms with Crippen LogP contribution in [0.5, 0.6) is 17.2 Å². The maximum atomic E-state index is 13.9. The number of hydrogen-bond donors (Lipinski definition) is 1. The Morgan fingerprint density at radius 1 is 1.11 bits per heavy atom. The molecule has 3 rings (SSSR count). The SMILES string of the molecule is CCOc1ccc(-n2cc(COc3ccc(OCC(=O)O)c(F)c3)nn2)cc1. The molecule has 146 valence electrons. The van der Waals surface area contributed by atoms with Crippen LogP contribution in [-0.2, 0) is 11.4 Å². The molecule has 28 heavy (non-hydrogen) atoms. The molecule has 0 saturated carbocycles. The van der Waals surface area contributed by atoms with Crippen molar-refractivity contribution in [3.63, 3.8) is 0 Å². The third kappa shape index (κ3) is 4.97. The zero-order valence-corrected chi connectivity index (χ0v) is 15.0. The minimum atomic E-state index is -1.18. The maximum absolute atomic E-state index is 13.9. The Morgan fingerprint density at radius 2 is 1.86 bits per heavy atom. The van der Waals surface area contributed by atoms with E-state index in [0.29, 0.717) is 12.3 Å². The summed E-state index contributed by atoms with van der Waals surface area (Å²) >= 11 is 0. The van der Waals surface area contributed by atoms with Crippen LogP contribution < -0.4 is 14.2 Å². The van der Waals surface area contributed by atoms with Crippen molar-refractivity contribution in [3.05, 3.63) is 60.2 Å². The molecule has 2 aromatic carbocycles. The van der Waals surface area contributed by atoms with Gasteiger partial charge in [0, 0.05) is 6.07 Å². The third-order valence-electron chi connectivity index (χ3n) is 3.59. The van der Waals surface area contributed by atoms with Crippen molar-refractivity contribution in [1.29, 1.82) is 0 Å². The molecule has 0 aliphatic heterocycles. The summed E-state index contributed by atoms with van der Waals surface area (Å²) < 4.78 is 31.2. The number of aliphatic carboxylic acids is 1. The fraction of sp³-hybridized carbons (Fsp3) is 0.211. The first-order chi connectivity index (χ1) is 13.5. The first-order valence-corrected chi connectivity index (χ1v) is 8.46. The third-order valence-corrected chi connectivity index (χ3v) is 3.59. The van der Waals surface area contributed by atoms with Crippen LogP contribution in [0.1, 0.15) is 12.6 Å². The Bertz CT molecular complexity index is 943. The second kappa shape index (κ2) is 8.85. The van der Waals surface area contributed by atoms with Gasteiger partial charge in [-0.3, -0.25) is 0 Å². The van der Waals surface area contributed by atoms with Gasteiger partial charge in [-0.15, -0.1) is 5.10 Å². The summed E-state index contributed by atoms with van der Waals surface area (Å²) in [7, 11) is 0. The summed E-state index contributed by atoms with van der Waals surface area (Å²) in [6.45, 7) is 1.98. The minimum absolute atomic E-state index is 0.0891. The summed E-state index contributed by atoms with van der Waals surface area (Å²) in [6.07, 6.45) is 1.70. The van der Waals surface area contributed by atoms with Crippen molar-refractivity contribution in [3.8, 4) is 22.9 Å². The van der Waals surface area contributed by atoms with Gasteiger partial charge in [0.15, 0.2) is 18.2 Å². The number of halogens is 1. The smallest absolute Gasteiger partial charge is 0.341 e. The molecule has 0 radical (unpaired) electrons. The van der Waals surface area contributed by atoms with Crippen LogP contribution in [0.15, 0.2) is 48.7 Å². The molecule has 9 heteroatoms. The fourth-order valence-electron chi connectivity index (χ4n) is 2.34. The quantitative estimate of drug-likeness (QED) is 0.603. The van der Waals surface area contributed by atoms with Crippen LogP contribution in [0.3, 0.4) is 0 Å². The van der Waals surface area contributed by atoms with Crippen LogP contribution >= 0.6 is 0 Å². The first kappa shape index (κ1) is 19.2. The van der Waals surface area contributed by atoms with E-state index in [4.69, 9.17) is 19.3 Å². The van der Waals surface area contributed by atoms with Gasteiger partial charge in [-0.25, -0.2) is 13.9 Å². The van der Waals surface area contributed by atoms with Crippen molar-refractivity contribution in [2.24, 2.45) is 0 Å². The molecule has 0 fully saturated rings. The monoisotopic (exact) mass is 387 g/mol. The molecule has 1 N–H and O–H groups in total. The van der Waals surface area contributed by atoms with Crippen molar-refractivity contribution < 1.29 is 28.5 Å². The van der Waals surface area contributed by atoms with Crippen molar-refractivity contribution >= 4 is 5.97 Å². The van der Waals surface area contributed by atoms with Gasteiger partial charge in [-0.05, 0) is 43.3 Å². The summed E-state index contributed by atoms with van der Waals surface area (Å²) in [5.74, 6) is -1.02. The summed E-state index contributed by atoms with van der Waals surface area (Å²) in [5.41, 5.74) is 1.37. The van der Waals surface area contributed by atoms with E-state index in [9.17, 15) is 9.18 Å². The molecule has 1 heterocycles. The summed E-state index contributed by atoms with van der Waals surface area (Å²) in [5, 5.41) is 16.6. The highest BCUT2D eigenvalue weighted by atomic mass is 19.1. The Hall–Kier alpha value is -3.62. The number of benzene rings is 2. The van der Waals surface area contributed by atoms with E-state index >= 15 is 0 Å². The molecule has 0 unspecified atom stereocenters. The van der Waals surface area contributed by atoms with Gasteiger partial charge in [0.05, 0.1) is 18.5 Å². The lowest BCUT2D eigenvalue weighted by Gasteiger charge is -2.07. The molecule has 0 aliphatic rings. The Morgan fingerprint density at radius 3 is 2.54 bits per heavy atom. The molecule has 0 atom stereocenters. The lowest BCUT2D eigenvalue weighted by Crippen LogP contribution is -2.10. The highest BCUT2D eigenvalue weighted by molar-refractivity contribution is 5.68. The van der Waals surface area contributed by atoms with E-state index in [1.807, 2.05) is 31.2 Å². The number of ether oxygens (including phenoxy) is 3. The van der Waals surface area contributed by atoms with Crippen LogP contribution in [0, 0.1) is 5.82 Å². The minimum Gasteiger partial charge on any atom is -0.494 e. The van der Waals surface area contributed by atoms with Gasteiger partial charge in [0.1, 0.15) is 23.8 Å². The average molecular weight is 387 g/mol. The zero-order valence-electron chi connectivity index (χ0n) is 15.0. The lowest BCUT2D eigenvalue weighted by molar-refractivity contribution is -0.139. The lowest BCUT2D eigenvalue weighted by atomic mass is 10.3. The van der Waals surface area contributed by atoms with Gasteiger partial charge >= 0.3 is 5.97 Å². The molecular weight excluding hydrogens is 369 g/mol. The summed E-state index contributed by atoms with van der Waals surface area (Å²) in [6, 6.07) is 11.3. The molecule has 0 amide bonds. The molecule has 3 aromatic rings. The predicted octanol–water partition coefficient (Wildman–Crippen LogP) is 2.85. The van der Waals surface area contributed by atoms with E-state index in [2.05, 4.69) is 10.3 Å². The van der Waals surface area contributed by atoms with Crippen molar-refractivity contribution in [2.75, 3.05) is 13.2 Å². The molecule has 1 aromatic heterocycles. The van der Waals surface area contributed by atoms with Crippen LogP contribution in [0.4, 0.5) is 4.39 Å². The van der Waals surface area contributed by atoms with Crippen LogP contribution in [-0.4, -0.2) is 39.3 Å². The number of carboxylic acid groups (broad SMARTS) is 1. The molecule has 8 nitrogen and oxygen atoms in total. The molecule has 0 aliphatic carbocycles. The first-order valence-electron chi connectivity index (χ1n) is 8.46. The number of rotatable bonds is 9. The van der Waals surface area contributed by atoms with Gasteiger partial charge in [0.2, 0.25) is 0 Å². The average Bonchev–Trinajstić information content (AvgIpc) is 3.15. The van der Waals surface area contributed by atoms with Crippen molar-refractivity contribution in [1.82, 2.24) is 15.0 Å². The van der Waals surface area contributed by atoms with Crippen molar-refractivity contribution in [2.45, 2.75) is 13.5 Å². The largest absolute Gasteiger partial charge is 0.494 e. The number of carboxylic acids is 1. The van der Waals surface area contributed by atoms with E-state index in [1.54, 1.807) is 10.9 Å². The molecule has 0 saturated heterocycles. The van der Waals surface area contributed by atoms with Crippen LogP contribution in [0.25, 0.3) is 5.69 Å². The molecular formula is C19H18FN3O5. The normalized spacial score (nSPS) is 10.5. The van der Waals surface area contributed by atoms with E-state index in [0.717, 1.165) is 17.5 Å². The Kier molecular flexibility index (Phi) is 6.05. The zero-order chi connectivity index (χ0) is 19.9. The second-order valence-corrected chi connectivity index (χ2v) is 5.64. The standard InChI is InChI=1S/C19H18FN3O5/c1-2-26-15-5-3-14(4-6-15)23-10-13(21-22-23)11-27-16-7-8-18(17(20)9-16)28-12-19(24)25/h3-10H,2,11-12H2,1H3,(H,24,25). The maximum Gasteiger partial charge on any atom is 0.341 e. The fourth-order valence-corrected chi connectivity index (χ4v) is 2.34. The summed E-state index contributed by atoms with van der Waals surface area (Å²) in [4.78, 5) is 10.5. The number of nitrogens with zero attached hydrogens (tertiary/aromatic N) is 3. The van der Waals surface area contributed by atoms with Gasteiger partial charge < -0.3 is 19.3 Å². The Balaban J connectivity index is 1.59. The van der Waals surface area contributed by atoms with Crippen LogP contribution in [0.2, 0.25) is 0 Å². The van der Waals surface area contributed by atoms with Gasteiger partial charge in [-0.1, -0.05) is 5.21 Å². The topological polar surface area (TPSA) is 95.7 Å². The molecule has 0 spiro atoms. The Labute approximate surface area is 160 Å². The highest BCUT2D eigenvalue weighted by Crippen LogP contribution is 2.23. The van der Waals surface area contributed by atoms with Gasteiger partial charge in [0.25, 0.3) is 0 Å². The highest BCUT2D eigenvalue weighted by Gasteiger charge is 2.09.